The number of amides is 2. The van der Waals surface area contributed by atoms with Crippen molar-refractivity contribution in [2.24, 2.45) is 11.8 Å². The highest BCUT2D eigenvalue weighted by Crippen LogP contribution is 2.48. The van der Waals surface area contributed by atoms with Gasteiger partial charge in [0.1, 0.15) is 5.82 Å². The average Bonchev–Trinajstić information content (AvgIpc) is 3.38. The molecule has 2 amide bonds. The van der Waals surface area contributed by atoms with Gasteiger partial charge in [0.05, 0.1) is 0 Å². The van der Waals surface area contributed by atoms with Crippen molar-refractivity contribution in [3.63, 3.8) is 0 Å². The molecule has 2 N–H and O–H groups in total. The largest absolute Gasteiger partial charge is 0.326 e. The van der Waals surface area contributed by atoms with Gasteiger partial charge in [-0.3, -0.25) is 9.59 Å². The fraction of sp³-hybridized carbons (Fsp3) is 0.300. The third-order valence-corrected chi connectivity index (χ3v) is 4.37. The first-order valence-corrected chi connectivity index (χ1v) is 8.41. The summed E-state index contributed by atoms with van der Waals surface area (Å²) in [6, 6.07) is 13.4. The lowest BCUT2D eigenvalue weighted by Gasteiger charge is -2.09. The molecule has 1 saturated carbocycles. The molecule has 1 aliphatic carbocycles. The highest BCUT2D eigenvalue weighted by molar-refractivity contribution is 5.96. The van der Waals surface area contributed by atoms with Crippen molar-refractivity contribution in [3.8, 4) is 0 Å². The molecular formula is C20H21FN2O2. The first-order valence-electron chi connectivity index (χ1n) is 8.41. The van der Waals surface area contributed by atoms with Crippen LogP contribution in [0.4, 0.5) is 15.8 Å². The van der Waals surface area contributed by atoms with Crippen molar-refractivity contribution in [3.05, 3.63) is 59.9 Å². The molecule has 0 saturated heterocycles. The van der Waals surface area contributed by atoms with E-state index in [-0.39, 0.29) is 35.4 Å². The third kappa shape index (κ3) is 4.24. The fourth-order valence-corrected chi connectivity index (χ4v) is 2.72. The Morgan fingerprint density at radius 2 is 1.52 bits per heavy atom. The van der Waals surface area contributed by atoms with E-state index in [0.717, 1.165) is 12.0 Å². The lowest BCUT2D eigenvalue weighted by molar-refractivity contribution is -0.119. The monoisotopic (exact) mass is 340 g/mol. The van der Waals surface area contributed by atoms with Crippen molar-refractivity contribution < 1.29 is 14.0 Å². The normalized spacial score (nSPS) is 18.7. The molecule has 0 heterocycles. The summed E-state index contributed by atoms with van der Waals surface area (Å²) in [4.78, 5) is 24.0. The van der Waals surface area contributed by atoms with E-state index >= 15 is 0 Å². The molecule has 2 atom stereocenters. The third-order valence-electron chi connectivity index (χ3n) is 4.37. The van der Waals surface area contributed by atoms with Crippen molar-refractivity contribution in [2.45, 2.75) is 26.2 Å². The molecule has 2 aromatic rings. The van der Waals surface area contributed by atoms with Gasteiger partial charge < -0.3 is 10.6 Å². The Morgan fingerprint density at radius 1 is 0.960 bits per heavy atom. The molecule has 25 heavy (non-hydrogen) atoms. The molecule has 2 aromatic carbocycles. The Kier molecular flexibility index (Phi) is 4.83. The molecule has 0 bridgehead atoms. The molecule has 1 fully saturated rings. The second-order valence-electron chi connectivity index (χ2n) is 6.71. The molecule has 0 spiro atoms. The highest BCUT2D eigenvalue weighted by Gasteiger charge is 2.43. The van der Waals surface area contributed by atoms with Gasteiger partial charge in [-0.15, -0.1) is 0 Å². The van der Waals surface area contributed by atoms with Crippen LogP contribution in [0.15, 0.2) is 48.5 Å². The van der Waals surface area contributed by atoms with E-state index < -0.39 is 0 Å². The number of carbonyl (C=O) groups excluding carboxylic acids is 2. The summed E-state index contributed by atoms with van der Waals surface area (Å²) in [6.07, 6.45) is 0.778. The average molecular weight is 340 g/mol. The summed E-state index contributed by atoms with van der Waals surface area (Å²) in [7, 11) is 0. The number of hydrogen-bond acceptors (Lipinski definition) is 2. The Morgan fingerprint density at radius 3 is 2.08 bits per heavy atom. The number of benzene rings is 2. The number of anilines is 2. The van der Waals surface area contributed by atoms with Gasteiger partial charge in [-0.05, 0) is 54.3 Å². The fourth-order valence-electron chi connectivity index (χ4n) is 2.72. The van der Waals surface area contributed by atoms with Crippen LogP contribution < -0.4 is 10.6 Å². The molecule has 0 aliphatic heterocycles. The Bertz CT molecular complexity index is 769. The van der Waals surface area contributed by atoms with E-state index in [9.17, 15) is 14.0 Å². The maximum absolute atomic E-state index is 13.0. The molecule has 130 valence electrons. The number of hydrogen-bond donors (Lipinski definition) is 2. The second-order valence-corrected chi connectivity index (χ2v) is 6.71. The molecule has 5 heteroatoms. The number of rotatable bonds is 5. The smallest absolute Gasteiger partial charge is 0.228 e. The van der Waals surface area contributed by atoms with Crippen molar-refractivity contribution in [2.75, 3.05) is 10.6 Å². The van der Waals surface area contributed by atoms with Crippen LogP contribution in [0.2, 0.25) is 0 Å². The van der Waals surface area contributed by atoms with Crippen LogP contribution in [0, 0.1) is 17.7 Å². The van der Waals surface area contributed by atoms with Gasteiger partial charge in [0, 0.05) is 23.2 Å². The van der Waals surface area contributed by atoms with Gasteiger partial charge in [0.2, 0.25) is 11.8 Å². The van der Waals surface area contributed by atoms with Crippen LogP contribution in [0.3, 0.4) is 0 Å². The summed E-state index contributed by atoms with van der Waals surface area (Å²) >= 11 is 0. The first kappa shape index (κ1) is 17.1. The summed E-state index contributed by atoms with van der Waals surface area (Å²) < 4.78 is 13.0. The van der Waals surface area contributed by atoms with Gasteiger partial charge in [-0.25, -0.2) is 4.39 Å². The van der Waals surface area contributed by atoms with Crippen molar-refractivity contribution >= 4 is 23.2 Å². The first-order chi connectivity index (χ1) is 11.9. The maximum Gasteiger partial charge on any atom is 0.228 e. The summed E-state index contributed by atoms with van der Waals surface area (Å²) in [5, 5.41) is 5.70. The standard InChI is InChI=1S/C20H21FN2O2/c1-12(2)19(24)22-15-7-9-16(10-8-15)23-20(25)18-11-17(18)13-3-5-14(21)6-4-13/h3-10,12,17-18H,11H2,1-2H3,(H,22,24)(H,23,25). The zero-order chi connectivity index (χ0) is 18.0. The minimum Gasteiger partial charge on any atom is -0.326 e. The summed E-state index contributed by atoms with van der Waals surface area (Å²) in [6.45, 7) is 3.66. The van der Waals surface area contributed by atoms with E-state index in [2.05, 4.69) is 10.6 Å². The van der Waals surface area contributed by atoms with Crippen molar-refractivity contribution in [1.82, 2.24) is 0 Å². The Labute approximate surface area is 146 Å². The van der Waals surface area contributed by atoms with E-state index in [1.165, 1.54) is 12.1 Å². The molecular weight excluding hydrogens is 319 g/mol. The predicted molar refractivity (Wildman–Crippen MR) is 95.8 cm³/mol. The molecule has 0 aromatic heterocycles. The van der Waals surface area contributed by atoms with Crippen LogP contribution >= 0.6 is 0 Å². The van der Waals surface area contributed by atoms with Crippen LogP contribution in [-0.4, -0.2) is 11.8 Å². The van der Waals surface area contributed by atoms with Crippen LogP contribution in [0.5, 0.6) is 0 Å². The number of carbonyl (C=O) groups is 2. The molecule has 2 unspecified atom stereocenters. The van der Waals surface area contributed by atoms with Gasteiger partial charge in [0.25, 0.3) is 0 Å². The van der Waals surface area contributed by atoms with E-state index in [4.69, 9.17) is 0 Å². The Hall–Kier alpha value is -2.69. The molecule has 1 aliphatic rings. The zero-order valence-electron chi connectivity index (χ0n) is 14.3. The van der Waals surface area contributed by atoms with Gasteiger partial charge >= 0.3 is 0 Å². The van der Waals surface area contributed by atoms with E-state index in [0.29, 0.717) is 11.4 Å². The summed E-state index contributed by atoms with van der Waals surface area (Å²) in [5.41, 5.74) is 2.39. The molecule has 3 rings (SSSR count). The lowest BCUT2D eigenvalue weighted by Crippen LogP contribution is -2.18. The zero-order valence-corrected chi connectivity index (χ0v) is 14.3. The quantitative estimate of drug-likeness (QED) is 0.858. The Balaban J connectivity index is 1.55. The van der Waals surface area contributed by atoms with Gasteiger partial charge in [-0.1, -0.05) is 26.0 Å². The van der Waals surface area contributed by atoms with Crippen LogP contribution in [0.1, 0.15) is 31.7 Å². The minimum atomic E-state index is -0.268. The number of halogens is 1. The molecule has 4 nitrogen and oxygen atoms in total. The SMILES string of the molecule is CC(C)C(=O)Nc1ccc(NC(=O)C2CC2c2ccc(F)cc2)cc1. The highest BCUT2D eigenvalue weighted by atomic mass is 19.1. The molecule has 0 radical (unpaired) electrons. The second kappa shape index (κ2) is 7.05. The van der Waals surface area contributed by atoms with Gasteiger partial charge in [0.15, 0.2) is 0 Å². The summed E-state index contributed by atoms with van der Waals surface area (Å²) in [5.74, 6) is -0.353. The van der Waals surface area contributed by atoms with Crippen molar-refractivity contribution in [1.29, 1.82) is 0 Å². The topological polar surface area (TPSA) is 58.2 Å². The predicted octanol–water partition coefficient (Wildman–Crippen LogP) is 4.16. The van der Waals surface area contributed by atoms with E-state index in [1.54, 1.807) is 36.4 Å². The maximum atomic E-state index is 13.0. The minimum absolute atomic E-state index is 0.0340. The van der Waals surface area contributed by atoms with Gasteiger partial charge in [-0.2, -0.15) is 0 Å². The van der Waals surface area contributed by atoms with Crippen LogP contribution in [-0.2, 0) is 9.59 Å². The van der Waals surface area contributed by atoms with Crippen LogP contribution in [0.25, 0.3) is 0 Å². The lowest BCUT2D eigenvalue weighted by atomic mass is 10.1. The van der Waals surface area contributed by atoms with E-state index in [1.807, 2.05) is 13.8 Å². The number of nitrogens with one attached hydrogen (secondary N) is 2.